The maximum absolute atomic E-state index is 15.1. The molecule has 3 amide bonds. The van der Waals surface area contributed by atoms with E-state index in [9.17, 15) is 45.1 Å². The number of anilines is 2. The van der Waals surface area contributed by atoms with Crippen molar-refractivity contribution in [1.82, 2.24) is 5.32 Å². The lowest BCUT2D eigenvalue weighted by Gasteiger charge is -2.22. The first-order valence-electron chi connectivity index (χ1n) is 12.6. The van der Waals surface area contributed by atoms with Gasteiger partial charge in [-0.25, -0.2) is 8.78 Å². The molecule has 1 aliphatic carbocycles. The predicted octanol–water partition coefficient (Wildman–Crippen LogP) is 9.18. The van der Waals surface area contributed by atoms with Crippen LogP contribution in [0.15, 0.2) is 65.4 Å². The van der Waals surface area contributed by atoms with Crippen LogP contribution in [-0.2, 0) is 14.4 Å². The van der Waals surface area contributed by atoms with Gasteiger partial charge in [0.15, 0.2) is 5.82 Å². The predicted molar refractivity (Wildman–Crippen MR) is 161 cm³/mol. The van der Waals surface area contributed by atoms with Crippen LogP contribution in [0.4, 0.5) is 46.5 Å². The van der Waals surface area contributed by atoms with Crippen molar-refractivity contribution in [3.8, 4) is 0 Å². The zero-order chi connectivity index (χ0) is 35.8. The highest BCUT2D eigenvalue weighted by Gasteiger charge is 2.67. The van der Waals surface area contributed by atoms with Crippen molar-refractivity contribution in [3.63, 3.8) is 0 Å². The number of alkyl halides is 8. The molecule has 0 unspecified atom stereocenters. The Kier molecular flexibility index (Phi) is 11.6. The van der Waals surface area contributed by atoms with E-state index in [0.29, 0.717) is 17.7 Å². The topological polar surface area (TPSA) is 87.3 Å². The molecule has 0 heterocycles. The second kappa shape index (κ2) is 14.2. The summed E-state index contributed by atoms with van der Waals surface area (Å²) in [6.07, 6.45) is -10.0. The average molecular weight is 774 g/mol. The molecule has 19 heteroatoms. The molecular weight excluding hydrogens is 756 g/mol. The van der Waals surface area contributed by atoms with Crippen LogP contribution in [0, 0.1) is 23.5 Å². The molecule has 2 aromatic rings. The molecule has 1 aliphatic rings. The van der Waals surface area contributed by atoms with Crippen molar-refractivity contribution in [2.24, 2.45) is 11.8 Å². The number of benzene rings is 2. The lowest BCUT2D eigenvalue weighted by atomic mass is 10.1. The van der Waals surface area contributed by atoms with Gasteiger partial charge in [0, 0.05) is 16.6 Å². The summed E-state index contributed by atoms with van der Waals surface area (Å²) < 4.78 is 105. The van der Waals surface area contributed by atoms with E-state index < -0.39 is 85.8 Å². The highest BCUT2D eigenvalue weighted by molar-refractivity contribution is 6.53. The normalized spacial score (nSPS) is 18.1. The highest BCUT2D eigenvalue weighted by Crippen LogP contribution is 2.65. The lowest BCUT2D eigenvalue weighted by Crippen LogP contribution is -2.45. The molecule has 3 rings (SSSR count). The van der Waals surface area contributed by atoms with Gasteiger partial charge >= 0.3 is 12.4 Å². The second-order valence-corrected chi connectivity index (χ2v) is 12.5. The minimum absolute atomic E-state index is 0.0799. The molecule has 0 radical (unpaired) electrons. The fraction of sp³-hybridized carbons (Fsp3) is 0.250. The van der Waals surface area contributed by atoms with Gasteiger partial charge in [-0.3, -0.25) is 14.4 Å². The number of amides is 3. The fourth-order valence-electron chi connectivity index (χ4n) is 4.24. The van der Waals surface area contributed by atoms with Crippen molar-refractivity contribution >= 4 is 87.1 Å². The summed E-state index contributed by atoms with van der Waals surface area (Å²) in [5.74, 6) is -14.9. The van der Waals surface area contributed by atoms with E-state index in [1.165, 1.54) is 25.1 Å². The summed E-state index contributed by atoms with van der Waals surface area (Å²) >= 11 is 30.6. The highest BCUT2D eigenvalue weighted by atomic mass is 35.5. The molecule has 47 heavy (non-hydrogen) atoms. The van der Waals surface area contributed by atoms with Crippen LogP contribution >= 0.6 is 58.0 Å². The molecule has 3 N–H and O–H groups in total. The molecule has 0 bridgehead atoms. The summed E-state index contributed by atoms with van der Waals surface area (Å²) in [6, 6.07) is 5.45. The van der Waals surface area contributed by atoms with Crippen LogP contribution < -0.4 is 16.0 Å². The Labute approximate surface area is 285 Å². The monoisotopic (exact) mass is 771 g/mol. The molecule has 0 spiro atoms. The summed E-state index contributed by atoms with van der Waals surface area (Å²) in [6.45, 7) is 4.82. The van der Waals surface area contributed by atoms with Gasteiger partial charge in [0.2, 0.25) is 17.7 Å². The lowest BCUT2D eigenvalue weighted by molar-refractivity contribution is -0.272. The minimum atomic E-state index is -6.15. The van der Waals surface area contributed by atoms with Gasteiger partial charge in [0.1, 0.15) is 15.8 Å². The first kappa shape index (κ1) is 38.4. The van der Waals surface area contributed by atoms with Crippen molar-refractivity contribution in [1.29, 1.82) is 0 Å². The quantitative estimate of drug-likeness (QED) is 0.103. The van der Waals surface area contributed by atoms with E-state index >= 15 is 4.39 Å². The van der Waals surface area contributed by atoms with E-state index in [0.717, 1.165) is 11.4 Å². The van der Waals surface area contributed by atoms with Gasteiger partial charge in [-0.05, 0) is 42.8 Å². The fourth-order valence-corrected chi connectivity index (χ4v) is 5.51. The van der Waals surface area contributed by atoms with Gasteiger partial charge in [0.05, 0.1) is 27.2 Å². The minimum Gasteiger partial charge on any atom is -0.326 e. The van der Waals surface area contributed by atoms with Gasteiger partial charge in [-0.15, -0.1) is 23.2 Å². The van der Waals surface area contributed by atoms with Gasteiger partial charge in [-0.1, -0.05) is 53.5 Å². The Morgan fingerprint density at radius 1 is 0.957 bits per heavy atom. The van der Waals surface area contributed by atoms with E-state index in [1.807, 2.05) is 5.32 Å². The standard InChI is InChI=1S/C28H18Cl5F8N3O3/c1-3-12(42-24(46)19-18(26(19,32)33)11-4-5-14(30)15(31)8-11)9-13(10(2)29)23(45)43-17-7-6-16(34)21(20(17)35)44-25(47)22(27(36,37)38)28(39,40)41/h3-9,18-19,22H,2H2,1H3,(H,42,46)(H,43,45)(H,44,47)/b12-3+,13-9+/t18-,19+/m0/s1. The zero-order valence-corrected chi connectivity index (χ0v) is 26.9. The molecule has 0 aromatic heterocycles. The summed E-state index contributed by atoms with van der Waals surface area (Å²) in [4.78, 5) is 37.9. The number of rotatable bonds is 9. The van der Waals surface area contributed by atoms with Crippen LogP contribution in [0.2, 0.25) is 10.0 Å². The molecule has 2 aromatic carbocycles. The Bertz CT molecular complexity index is 1680. The van der Waals surface area contributed by atoms with E-state index in [2.05, 4.69) is 11.9 Å². The smallest absolute Gasteiger partial charge is 0.326 e. The number of hydrogen-bond donors (Lipinski definition) is 3. The molecule has 0 aliphatic heterocycles. The van der Waals surface area contributed by atoms with Crippen LogP contribution in [-0.4, -0.2) is 34.4 Å². The van der Waals surface area contributed by atoms with Gasteiger partial charge in [-0.2, -0.15) is 26.3 Å². The summed E-state index contributed by atoms with van der Waals surface area (Å²) in [7, 11) is 0. The second-order valence-electron chi connectivity index (χ2n) is 9.74. The Balaban J connectivity index is 1.83. The van der Waals surface area contributed by atoms with Crippen LogP contribution in [0.1, 0.15) is 18.4 Å². The first-order chi connectivity index (χ1) is 21.5. The third-order valence-electron chi connectivity index (χ3n) is 6.56. The number of halogens is 13. The molecule has 254 valence electrons. The van der Waals surface area contributed by atoms with E-state index in [4.69, 9.17) is 58.0 Å². The van der Waals surface area contributed by atoms with Crippen LogP contribution in [0.3, 0.4) is 0 Å². The maximum atomic E-state index is 15.1. The van der Waals surface area contributed by atoms with Crippen LogP contribution in [0.5, 0.6) is 0 Å². The van der Waals surface area contributed by atoms with E-state index in [1.54, 1.807) is 6.07 Å². The third-order valence-corrected chi connectivity index (χ3v) is 8.44. The molecule has 0 saturated heterocycles. The number of allylic oxidation sites excluding steroid dienone is 2. The molecular formula is C28H18Cl5F8N3O3. The van der Waals surface area contributed by atoms with E-state index in [-0.39, 0.29) is 15.7 Å². The number of carbonyl (C=O) groups excluding carboxylic acids is 3. The molecule has 6 nitrogen and oxygen atoms in total. The Hall–Kier alpha value is -3.04. The summed E-state index contributed by atoms with van der Waals surface area (Å²) in [5.41, 5.74) is -2.82. The molecule has 2 atom stereocenters. The first-order valence-corrected chi connectivity index (χ1v) is 14.5. The van der Waals surface area contributed by atoms with Gasteiger partial charge < -0.3 is 16.0 Å². The summed E-state index contributed by atoms with van der Waals surface area (Å²) in [5, 5.41) is 5.26. The van der Waals surface area contributed by atoms with Crippen molar-refractivity contribution in [3.05, 3.63) is 92.6 Å². The van der Waals surface area contributed by atoms with Crippen molar-refractivity contribution < 1.29 is 49.5 Å². The zero-order valence-electron chi connectivity index (χ0n) is 23.1. The largest absolute Gasteiger partial charge is 0.409 e. The molecule has 1 fully saturated rings. The Morgan fingerprint density at radius 3 is 2.06 bits per heavy atom. The van der Waals surface area contributed by atoms with Crippen LogP contribution in [0.25, 0.3) is 0 Å². The SMILES string of the molecule is C=C(Cl)/C(=C\C(=C/C)NC(=O)[C@H]1[C@H](c2ccc(Cl)c(Cl)c2)C1(Cl)Cl)C(=O)Nc1ccc(F)c(NC(=O)C(C(F)(F)F)C(F)(F)F)c1F. The van der Waals surface area contributed by atoms with Crippen molar-refractivity contribution in [2.45, 2.75) is 29.5 Å². The number of carbonyl (C=O) groups is 3. The average Bonchev–Trinajstić information content (AvgIpc) is 3.51. The number of nitrogens with one attached hydrogen (secondary N) is 3. The van der Waals surface area contributed by atoms with Gasteiger partial charge in [0.25, 0.3) is 5.91 Å². The molecule has 1 saturated carbocycles. The maximum Gasteiger partial charge on any atom is 0.409 e. The van der Waals surface area contributed by atoms with Crippen molar-refractivity contribution in [2.75, 3.05) is 10.6 Å². The third kappa shape index (κ3) is 8.71. The number of hydrogen-bond acceptors (Lipinski definition) is 3. The Morgan fingerprint density at radius 2 is 1.55 bits per heavy atom.